The number of aryl methyl sites for hydroxylation is 1. The average Bonchev–Trinajstić information content (AvgIpc) is 3.23. The molecule has 1 aromatic heterocycles. The van der Waals surface area contributed by atoms with Crippen LogP contribution in [-0.4, -0.2) is 40.2 Å². The Morgan fingerprint density at radius 3 is 2.64 bits per heavy atom. The number of carbonyl (C=O) groups is 2. The van der Waals surface area contributed by atoms with Crippen molar-refractivity contribution in [3.63, 3.8) is 0 Å². The predicted molar refractivity (Wildman–Crippen MR) is 93.9 cm³/mol. The number of hydrogen-bond donors (Lipinski definition) is 1. The highest BCUT2D eigenvalue weighted by Crippen LogP contribution is 2.19. The number of ketones is 1. The maximum Gasteiger partial charge on any atom is 0.292 e. The first-order chi connectivity index (χ1) is 12.0. The Hall–Kier alpha value is -2.47. The Bertz CT molecular complexity index is 777. The van der Waals surface area contributed by atoms with Gasteiger partial charge in [0.2, 0.25) is 0 Å². The topological polar surface area (TPSA) is 73.2 Å². The van der Waals surface area contributed by atoms with E-state index in [1.165, 1.54) is 0 Å². The molecule has 1 N–H and O–H groups in total. The molecule has 1 aliphatic heterocycles. The summed E-state index contributed by atoms with van der Waals surface area (Å²) in [6.45, 7) is 6.13. The molecule has 1 fully saturated rings. The van der Waals surface area contributed by atoms with Crippen molar-refractivity contribution < 1.29 is 14.3 Å². The first kappa shape index (κ1) is 17.4. The van der Waals surface area contributed by atoms with Gasteiger partial charge in [-0.05, 0) is 45.7 Å². The molecule has 132 valence electrons. The predicted octanol–water partition coefficient (Wildman–Crippen LogP) is 2.36. The summed E-state index contributed by atoms with van der Waals surface area (Å²) in [6, 6.07) is 9.36. The maximum atomic E-state index is 12.7. The molecule has 25 heavy (non-hydrogen) atoms. The lowest BCUT2D eigenvalue weighted by molar-refractivity contribution is -0.118. The van der Waals surface area contributed by atoms with Crippen molar-refractivity contribution in [1.29, 1.82) is 0 Å². The normalized spacial score (nSPS) is 18.1. The fourth-order valence-corrected chi connectivity index (χ4v) is 3.27. The quantitative estimate of drug-likeness (QED) is 0.669. The van der Waals surface area contributed by atoms with Crippen molar-refractivity contribution in [3.05, 3.63) is 47.3 Å². The van der Waals surface area contributed by atoms with Crippen molar-refractivity contribution >= 4 is 11.7 Å². The van der Waals surface area contributed by atoms with Gasteiger partial charge in [-0.15, -0.1) is 0 Å². The second-order valence-corrected chi connectivity index (χ2v) is 6.44. The number of hydrogen-bond acceptors (Lipinski definition) is 4. The molecule has 1 amide bonds. The number of carbonyl (C=O) groups excluding carboxylic acids is 2. The number of Topliss-reactive ketones (excluding diaryl/α,β-unsaturated/α-hetero) is 1. The number of ether oxygens (including phenoxy) is 1. The van der Waals surface area contributed by atoms with Gasteiger partial charge < -0.3 is 10.1 Å². The van der Waals surface area contributed by atoms with Gasteiger partial charge in [-0.25, -0.2) is 4.68 Å². The molecular formula is C19H23N3O3. The molecule has 0 unspecified atom stereocenters. The molecule has 1 saturated heterocycles. The molecule has 2 heterocycles. The van der Waals surface area contributed by atoms with Crippen LogP contribution in [0.5, 0.6) is 0 Å². The lowest BCUT2D eigenvalue weighted by Gasteiger charge is -2.19. The monoisotopic (exact) mass is 341 g/mol. The van der Waals surface area contributed by atoms with Gasteiger partial charge in [-0.3, -0.25) is 9.59 Å². The smallest absolute Gasteiger partial charge is 0.292 e. The summed E-state index contributed by atoms with van der Waals surface area (Å²) in [5, 5.41) is 7.20. The van der Waals surface area contributed by atoms with E-state index < -0.39 is 11.7 Å². The molecule has 0 saturated carbocycles. The van der Waals surface area contributed by atoms with Gasteiger partial charge in [0.05, 0.1) is 34.8 Å². The van der Waals surface area contributed by atoms with Crippen LogP contribution in [0.1, 0.15) is 41.5 Å². The number of nitrogens with zero attached hydrogens (tertiary/aromatic N) is 2. The van der Waals surface area contributed by atoms with Gasteiger partial charge in [0.25, 0.3) is 11.7 Å². The van der Waals surface area contributed by atoms with Crippen molar-refractivity contribution in [3.8, 4) is 5.69 Å². The highest BCUT2D eigenvalue weighted by Gasteiger charge is 2.29. The van der Waals surface area contributed by atoms with Crippen LogP contribution < -0.4 is 5.32 Å². The first-order valence-corrected chi connectivity index (χ1v) is 8.57. The minimum Gasteiger partial charge on any atom is -0.376 e. The number of amides is 1. The van der Waals surface area contributed by atoms with Crippen LogP contribution in [0.25, 0.3) is 5.69 Å². The Morgan fingerprint density at radius 1 is 1.28 bits per heavy atom. The van der Waals surface area contributed by atoms with Gasteiger partial charge in [-0.2, -0.15) is 5.10 Å². The number of para-hydroxylation sites is 1. The lowest BCUT2D eigenvalue weighted by Crippen LogP contribution is -2.44. The molecule has 0 radical (unpaired) electrons. The minimum absolute atomic E-state index is 0.0222. The zero-order valence-electron chi connectivity index (χ0n) is 14.8. The van der Waals surface area contributed by atoms with E-state index in [1.807, 2.05) is 37.3 Å². The highest BCUT2D eigenvalue weighted by molar-refractivity contribution is 6.43. The molecule has 6 nitrogen and oxygen atoms in total. The fraction of sp³-hybridized carbons (Fsp3) is 0.421. The van der Waals surface area contributed by atoms with Crippen LogP contribution in [0.2, 0.25) is 0 Å². The Labute approximate surface area is 147 Å². The molecule has 6 heteroatoms. The fourth-order valence-electron chi connectivity index (χ4n) is 3.27. The molecule has 2 aromatic rings. The molecule has 1 aliphatic rings. The van der Waals surface area contributed by atoms with Crippen molar-refractivity contribution in [1.82, 2.24) is 15.1 Å². The van der Waals surface area contributed by atoms with Crippen LogP contribution in [0.3, 0.4) is 0 Å². The molecule has 0 spiro atoms. The van der Waals surface area contributed by atoms with Crippen LogP contribution in [0, 0.1) is 13.8 Å². The number of benzene rings is 1. The van der Waals surface area contributed by atoms with E-state index in [0.29, 0.717) is 23.6 Å². The van der Waals surface area contributed by atoms with Crippen molar-refractivity contribution in [2.75, 3.05) is 6.61 Å². The summed E-state index contributed by atoms with van der Waals surface area (Å²) in [5.74, 6) is -1.16. The SMILES string of the molecule is Cc1nn(-c2ccccc2)c(C)c1C(=O)C(=O)N[C@H](C)[C@H]1CCCO1. The Morgan fingerprint density at radius 2 is 2.00 bits per heavy atom. The van der Waals surface area contributed by atoms with Crippen LogP contribution in [-0.2, 0) is 9.53 Å². The summed E-state index contributed by atoms with van der Waals surface area (Å²) in [6.07, 6.45) is 1.87. The van der Waals surface area contributed by atoms with E-state index in [0.717, 1.165) is 18.5 Å². The standard InChI is InChI=1S/C19H23N3O3/c1-12(16-10-7-11-25-16)20-19(24)18(23)17-13(2)21-22(14(17)3)15-8-5-4-6-9-15/h4-6,8-9,12,16H,7,10-11H2,1-3H3,(H,20,24)/t12-,16-/m1/s1. The first-order valence-electron chi connectivity index (χ1n) is 8.57. The third-order valence-electron chi connectivity index (χ3n) is 4.61. The summed E-state index contributed by atoms with van der Waals surface area (Å²) < 4.78 is 7.26. The van der Waals surface area contributed by atoms with E-state index in [-0.39, 0.29) is 12.1 Å². The second kappa shape index (κ2) is 7.19. The van der Waals surface area contributed by atoms with Crippen molar-refractivity contribution in [2.45, 2.75) is 45.8 Å². The van der Waals surface area contributed by atoms with E-state index in [4.69, 9.17) is 4.74 Å². The van der Waals surface area contributed by atoms with Gasteiger partial charge in [0.15, 0.2) is 0 Å². The van der Waals surface area contributed by atoms with Gasteiger partial charge >= 0.3 is 0 Å². The Kier molecular flexibility index (Phi) is 4.99. The van der Waals surface area contributed by atoms with E-state index in [2.05, 4.69) is 10.4 Å². The molecular weight excluding hydrogens is 318 g/mol. The van der Waals surface area contributed by atoms with E-state index in [1.54, 1.807) is 18.5 Å². The Balaban J connectivity index is 1.80. The molecule has 0 bridgehead atoms. The third kappa shape index (κ3) is 3.49. The zero-order valence-corrected chi connectivity index (χ0v) is 14.8. The zero-order chi connectivity index (χ0) is 18.0. The van der Waals surface area contributed by atoms with Crippen molar-refractivity contribution in [2.24, 2.45) is 0 Å². The minimum atomic E-state index is -0.609. The summed E-state index contributed by atoms with van der Waals surface area (Å²) in [7, 11) is 0. The summed E-state index contributed by atoms with van der Waals surface area (Å²) >= 11 is 0. The highest BCUT2D eigenvalue weighted by atomic mass is 16.5. The van der Waals surface area contributed by atoms with Crippen LogP contribution >= 0.6 is 0 Å². The summed E-state index contributed by atoms with van der Waals surface area (Å²) in [4.78, 5) is 25.1. The van der Waals surface area contributed by atoms with Gasteiger partial charge in [0.1, 0.15) is 0 Å². The van der Waals surface area contributed by atoms with E-state index >= 15 is 0 Å². The summed E-state index contributed by atoms with van der Waals surface area (Å²) in [5.41, 5.74) is 2.43. The second-order valence-electron chi connectivity index (χ2n) is 6.44. The van der Waals surface area contributed by atoms with Crippen LogP contribution in [0.4, 0.5) is 0 Å². The molecule has 0 aliphatic carbocycles. The number of aromatic nitrogens is 2. The number of rotatable bonds is 5. The van der Waals surface area contributed by atoms with Gasteiger partial charge in [0, 0.05) is 6.61 Å². The van der Waals surface area contributed by atoms with E-state index in [9.17, 15) is 9.59 Å². The molecule has 1 aromatic carbocycles. The third-order valence-corrected chi connectivity index (χ3v) is 4.61. The average molecular weight is 341 g/mol. The number of nitrogens with one attached hydrogen (secondary N) is 1. The van der Waals surface area contributed by atoms with Gasteiger partial charge in [-0.1, -0.05) is 18.2 Å². The maximum absolute atomic E-state index is 12.7. The lowest BCUT2D eigenvalue weighted by atomic mass is 10.1. The van der Waals surface area contributed by atoms with Crippen LogP contribution in [0.15, 0.2) is 30.3 Å². The largest absolute Gasteiger partial charge is 0.376 e. The molecule has 3 rings (SSSR count). The molecule has 2 atom stereocenters.